The van der Waals surface area contributed by atoms with Gasteiger partial charge in [0.05, 0.1) is 17.5 Å². The SMILES string of the molecule is CCCN(c1cc(C(=O)N[C@H](CN[C@@H](CC)C(=O)NCC(C)C)Cc2ccccc2)cc(-c2cccc(Cl)c2)c1)S(=O)(=O)CCC. The number of nitrogens with one attached hydrogen (secondary N) is 3. The highest BCUT2D eigenvalue weighted by Crippen LogP contribution is 2.30. The van der Waals surface area contributed by atoms with E-state index in [0.29, 0.717) is 73.1 Å². The van der Waals surface area contributed by atoms with Gasteiger partial charge < -0.3 is 16.0 Å². The highest BCUT2D eigenvalue weighted by atomic mass is 35.5. The maximum absolute atomic E-state index is 14.0. The van der Waals surface area contributed by atoms with Crippen LogP contribution in [0.4, 0.5) is 5.69 Å². The van der Waals surface area contributed by atoms with Crippen molar-refractivity contribution in [3.63, 3.8) is 0 Å². The van der Waals surface area contributed by atoms with E-state index in [4.69, 9.17) is 11.6 Å². The molecule has 0 radical (unpaired) electrons. The van der Waals surface area contributed by atoms with Crippen molar-refractivity contribution < 1.29 is 18.0 Å². The molecule has 10 heteroatoms. The van der Waals surface area contributed by atoms with Gasteiger partial charge in [0.1, 0.15) is 0 Å². The first kappa shape index (κ1) is 37.1. The molecule has 0 aliphatic rings. The van der Waals surface area contributed by atoms with Crippen LogP contribution in [0.2, 0.25) is 5.02 Å². The maximum atomic E-state index is 14.0. The van der Waals surface area contributed by atoms with Crippen LogP contribution in [0.3, 0.4) is 0 Å². The third-order valence-electron chi connectivity index (χ3n) is 7.53. The van der Waals surface area contributed by atoms with Gasteiger partial charge >= 0.3 is 0 Å². The van der Waals surface area contributed by atoms with Crippen molar-refractivity contribution in [2.75, 3.05) is 29.7 Å². The highest BCUT2D eigenvalue weighted by Gasteiger charge is 2.25. The Morgan fingerprint density at radius 1 is 0.870 bits per heavy atom. The fourth-order valence-electron chi connectivity index (χ4n) is 5.20. The van der Waals surface area contributed by atoms with Gasteiger partial charge in [0.2, 0.25) is 15.9 Å². The lowest BCUT2D eigenvalue weighted by molar-refractivity contribution is -0.123. The van der Waals surface area contributed by atoms with Crippen molar-refractivity contribution in [1.82, 2.24) is 16.0 Å². The molecule has 2 atom stereocenters. The van der Waals surface area contributed by atoms with Crippen LogP contribution in [-0.4, -0.2) is 57.7 Å². The standard InChI is InChI=1S/C36H49ClN4O4S/c1-6-17-41(46(44,45)18-7-2)33-22-29(28-15-12-16-31(37)21-28)20-30(23-33)35(42)40-32(19-27-13-10-9-11-14-27)25-38-34(8-3)36(43)39-24-26(4)5/h9-16,20-23,26,32,34,38H,6-8,17-19,24-25H2,1-5H3,(H,39,43)(H,40,42)/t32-,34-/m0/s1. The van der Waals surface area contributed by atoms with Crippen LogP contribution in [0.5, 0.6) is 0 Å². The van der Waals surface area contributed by atoms with E-state index in [9.17, 15) is 18.0 Å². The number of hydrogen-bond acceptors (Lipinski definition) is 5. The van der Waals surface area contributed by atoms with Crippen molar-refractivity contribution in [1.29, 1.82) is 0 Å². The fraction of sp³-hybridized carbons (Fsp3) is 0.444. The molecule has 0 saturated heterocycles. The van der Waals surface area contributed by atoms with Gasteiger partial charge in [0.25, 0.3) is 5.91 Å². The maximum Gasteiger partial charge on any atom is 0.251 e. The Labute approximate surface area is 280 Å². The van der Waals surface area contributed by atoms with E-state index < -0.39 is 16.1 Å². The number of amides is 2. The minimum Gasteiger partial charge on any atom is -0.354 e. The predicted molar refractivity (Wildman–Crippen MR) is 190 cm³/mol. The summed E-state index contributed by atoms with van der Waals surface area (Å²) in [5.74, 6) is -0.0626. The first-order valence-corrected chi connectivity index (χ1v) is 18.2. The van der Waals surface area contributed by atoms with Gasteiger partial charge in [0.15, 0.2) is 0 Å². The molecule has 0 fully saturated rings. The Hall–Kier alpha value is -3.40. The molecule has 46 heavy (non-hydrogen) atoms. The van der Waals surface area contributed by atoms with E-state index in [0.717, 1.165) is 11.1 Å². The normalized spacial score (nSPS) is 12.8. The average Bonchev–Trinajstić information content (AvgIpc) is 3.02. The zero-order valence-electron chi connectivity index (χ0n) is 27.7. The Kier molecular flexibility index (Phi) is 14.6. The van der Waals surface area contributed by atoms with E-state index in [-0.39, 0.29) is 23.6 Å². The zero-order valence-corrected chi connectivity index (χ0v) is 29.3. The molecule has 0 bridgehead atoms. The molecule has 0 unspecified atom stereocenters. The monoisotopic (exact) mass is 668 g/mol. The van der Waals surface area contributed by atoms with Gasteiger partial charge in [-0.05, 0) is 78.6 Å². The smallest absolute Gasteiger partial charge is 0.251 e. The minimum atomic E-state index is -3.61. The highest BCUT2D eigenvalue weighted by molar-refractivity contribution is 7.92. The third-order valence-corrected chi connectivity index (χ3v) is 9.75. The number of nitrogens with zero attached hydrogens (tertiary/aromatic N) is 1. The molecule has 2 amide bonds. The van der Waals surface area contributed by atoms with Crippen molar-refractivity contribution in [3.05, 3.63) is 88.9 Å². The number of rotatable bonds is 18. The summed E-state index contributed by atoms with van der Waals surface area (Å²) in [7, 11) is -3.61. The van der Waals surface area contributed by atoms with Crippen molar-refractivity contribution in [2.24, 2.45) is 5.92 Å². The lowest BCUT2D eigenvalue weighted by Gasteiger charge is -2.26. The van der Waals surface area contributed by atoms with Gasteiger partial charge in [-0.15, -0.1) is 0 Å². The molecule has 0 heterocycles. The molecule has 8 nitrogen and oxygen atoms in total. The molecule has 3 aromatic carbocycles. The Morgan fingerprint density at radius 2 is 1.61 bits per heavy atom. The molecule has 3 aromatic rings. The number of sulfonamides is 1. The number of halogens is 1. The van der Waals surface area contributed by atoms with Crippen LogP contribution in [-0.2, 0) is 21.2 Å². The molecule has 250 valence electrons. The van der Waals surface area contributed by atoms with Gasteiger partial charge in [-0.3, -0.25) is 13.9 Å². The van der Waals surface area contributed by atoms with Crippen molar-refractivity contribution >= 4 is 39.1 Å². The minimum absolute atomic E-state index is 0.00405. The lowest BCUT2D eigenvalue weighted by Crippen LogP contribution is -2.50. The van der Waals surface area contributed by atoms with E-state index in [2.05, 4.69) is 16.0 Å². The van der Waals surface area contributed by atoms with Crippen molar-refractivity contribution in [2.45, 2.75) is 72.4 Å². The summed E-state index contributed by atoms with van der Waals surface area (Å²) in [6, 6.07) is 21.6. The van der Waals surface area contributed by atoms with Gasteiger partial charge in [-0.1, -0.05) is 88.7 Å². The van der Waals surface area contributed by atoms with E-state index in [1.165, 1.54) is 4.31 Å². The molecule has 0 spiro atoms. The van der Waals surface area contributed by atoms with Crippen LogP contribution in [0.1, 0.15) is 69.8 Å². The average molecular weight is 669 g/mol. The number of carbonyl (C=O) groups is 2. The first-order valence-electron chi connectivity index (χ1n) is 16.2. The number of hydrogen-bond donors (Lipinski definition) is 3. The summed E-state index contributed by atoms with van der Waals surface area (Å²) < 4.78 is 28.1. The topological polar surface area (TPSA) is 108 Å². The van der Waals surface area contributed by atoms with Crippen LogP contribution in [0.15, 0.2) is 72.8 Å². The van der Waals surface area contributed by atoms with Crippen LogP contribution in [0.25, 0.3) is 11.1 Å². The van der Waals surface area contributed by atoms with Crippen molar-refractivity contribution in [3.8, 4) is 11.1 Å². The summed E-state index contributed by atoms with van der Waals surface area (Å²) in [6.45, 7) is 11.1. The number of anilines is 1. The van der Waals surface area contributed by atoms with Gasteiger partial charge in [-0.25, -0.2) is 8.42 Å². The molecular weight excluding hydrogens is 620 g/mol. The second-order valence-corrected chi connectivity index (χ2v) is 14.5. The summed E-state index contributed by atoms with van der Waals surface area (Å²) in [6.07, 6.45) is 2.23. The third kappa shape index (κ3) is 11.1. The predicted octanol–water partition coefficient (Wildman–Crippen LogP) is 6.44. The molecule has 0 aliphatic carbocycles. The summed E-state index contributed by atoms with van der Waals surface area (Å²) >= 11 is 6.32. The molecule has 0 saturated carbocycles. The van der Waals surface area contributed by atoms with E-state index in [1.807, 2.05) is 77.1 Å². The first-order chi connectivity index (χ1) is 22.0. The fourth-order valence-corrected chi connectivity index (χ4v) is 7.01. The summed E-state index contributed by atoms with van der Waals surface area (Å²) in [4.78, 5) is 26.9. The quantitative estimate of drug-likeness (QED) is 0.145. The second-order valence-electron chi connectivity index (χ2n) is 12.0. The van der Waals surface area contributed by atoms with E-state index in [1.54, 1.807) is 30.3 Å². The van der Waals surface area contributed by atoms with Gasteiger partial charge in [-0.2, -0.15) is 0 Å². The Balaban J connectivity index is 1.99. The van der Waals surface area contributed by atoms with Crippen LogP contribution < -0.4 is 20.3 Å². The molecular formula is C36H49ClN4O4S. The van der Waals surface area contributed by atoms with Gasteiger partial charge in [0, 0.05) is 36.3 Å². The second kappa shape index (κ2) is 18.1. The van der Waals surface area contributed by atoms with E-state index >= 15 is 0 Å². The van der Waals surface area contributed by atoms with Crippen LogP contribution in [0, 0.1) is 5.92 Å². The number of carbonyl (C=O) groups excluding carboxylic acids is 2. The molecule has 3 N–H and O–H groups in total. The lowest BCUT2D eigenvalue weighted by atomic mass is 10.0. The Morgan fingerprint density at radius 3 is 2.24 bits per heavy atom. The summed E-state index contributed by atoms with van der Waals surface area (Å²) in [5.41, 5.74) is 3.26. The summed E-state index contributed by atoms with van der Waals surface area (Å²) in [5, 5.41) is 10.1. The Bertz CT molecular complexity index is 1530. The zero-order chi connectivity index (χ0) is 33.7. The number of benzene rings is 3. The van der Waals surface area contributed by atoms with Crippen LogP contribution >= 0.6 is 11.6 Å². The molecule has 0 aromatic heterocycles. The molecule has 0 aliphatic heterocycles. The molecule has 3 rings (SSSR count). The largest absolute Gasteiger partial charge is 0.354 e.